The highest BCUT2D eigenvalue weighted by Crippen LogP contribution is 2.51. The Kier molecular flexibility index (Phi) is 6.07. The lowest BCUT2D eigenvalue weighted by Crippen LogP contribution is -2.06. The van der Waals surface area contributed by atoms with Gasteiger partial charge in [0, 0.05) is 0 Å². The van der Waals surface area contributed by atoms with E-state index >= 15 is 0 Å². The molecule has 4 heteroatoms. The highest BCUT2D eigenvalue weighted by molar-refractivity contribution is 7.53. The summed E-state index contributed by atoms with van der Waals surface area (Å²) in [5, 5.41) is 0. The van der Waals surface area contributed by atoms with Gasteiger partial charge in [-0.3, -0.25) is 4.57 Å². The molecule has 0 radical (unpaired) electrons. The summed E-state index contributed by atoms with van der Waals surface area (Å²) in [6.45, 7) is 8.61. The van der Waals surface area contributed by atoms with Crippen LogP contribution in [0.5, 0.6) is 0 Å². The Hall–Kier alpha value is -0.630. The van der Waals surface area contributed by atoms with E-state index < -0.39 is 7.60 Å². The van der Waals surface area contributed by atoms with Crippen LogP contribution in [-0.2, 0) is 13.6 Å². The van der Waals surface area contributed by atoms with Gasteiger partial charge in [-0.15, -0.1) is 0 Å². The zero-order chi connectivity index (χ0) is 13.6. The summed E-state index contributed by atoms with van der Waals surface area (Å²) in [4.78, 5) is 0. The first-order valence-corrected chi connectivity index (χ1v) is 8.18. The maximum atomic E-state index is 12.4. The van der Waals surface area contributed by atoms with Crippen molar-refractivity contribution in [3.63, 3.8) is 0 Å². The molecule has 0 unspecified atom stereocenters. The van der Waals surface area contributed by atoms with Crippen molar-refractivity contribution in [3.8, 4) is 0 Å². The lowest BCUT2D eigenvalue weighted by atomic mass is 10.0. The van der Waals surface area contributed by atoms with Crippen LogP contribution in [-0.4, -0.2) is 19.4 Å². The second kappa shape index (κ2) is 7.08. The van der Waals surface area contributed by atoms with Crippen molar-refractivity contribution in [1.29, 1.82) is 0 Å². The van der Waals surface area contributed by atoms with Crippen molar-refractivity contribution in [2.45, 2.75) is 33.6 Å². The zero-order valence-corrected chi connectivity index (χ0v) is 12.6. The van der Waals surface area contributed by atoms with Gasteiger partial charge in [-0.1, -0.05) is 36.8 Å². The third-order valence-corrected chi connectivity index (χ3v) is 5.09. The summed E-state index contributed by atoms with van der Waals surface area (Å²) in [7, 11) is -2.95. The minimum absolute atomic E-state index is 0.162. The van der Waals surface area contributed by atoms with E-state index in [9.17, 15) is 4.57 Å². The predicted octanol–water partition coefficient (Wildman–Crippen LogP) is 4.36. The minimum atomic E-state index is -2.95. The second-order valence-electron chi connectivity index (χ2n) is 4.44. The van der Waals surface area contributed by atoms with E-state index in [0.717, 1.165) is 0 Å². The van der Waals surface area contributed by atoms with E-state index in [2.05, 4.69) is 38.1 Å². The van der Waals surface area contributed by atoms with Crippen LogP contribution in [0.15, 0.2) is 24.3 Å². The molecule has 1 atom stereocenters. The summed E-state index contributed by atoms with van der Waals surface area (Å²) in [6.07, 6.45) is 0.428. The van der Waals surface area contributed by atoms with Gasteiger partial charge in [0.1, 0.15) is 0 Å². The number of benzene rings is 1. The molecule has 0 amide bonds. The Bertz CT molecular complexity index is 390. The zero-order valence-electron chi connectivity index (χ0n) is 11.7. The first-order valence-electron chi connectivity index (χ1n) is 6.45. The van der Waals surface area contributed by atoms with Crippen molar-refractivity contribution >= 4 is 7.60 Å². The summed E-state index contributed by atoms with van der Waals surface area (Å²) >= 11 is 0. The van der Waals surface area contributed by atoms with Gasteiger partial charge < -0.3 is 9.05 Å². The quantitative estimate of drug-likeness (QED) is 0.690. The summed E-state index contributed by atoms with van der Waals surface area (Å²) in [5.74, 6) is 0.162. The number of hydrogen-bond donors (Lipinski definition) is 0. The third kappa shape index (κ3) is 4.56. The standard InChI is InChI=1S/C14H23O3P/c1-5-16-18(15,17-6-2)11-13(4)14-9-7-12(3)8-10-14/h7-10,13H,5-6,11H2,1-4H3/t13-/m0/s1. The van der Waals surface area contributed by atoms with E-state index in [-0.39, 0.29) is 5.92 Å². The largest absolute Gasteiger partial charge is 0.331 e. The van der Waals surface area contributed by atoms with Crippen LogP contribution in [0.4, 0.5) is 0 Å². The third-order valence-electron chi connectivity index (χ3n) is 2.80. The Morgan fingerprint density at radius 2 is 1.61 bits per heavy atom. The molecule has 0 fully saturated rings. The van der Waals surface area contributed by atoms with Crippen molar-refractivity contribution in [2.24, 2.45) is 0 Å². The first-order chi connectivity index (χ1) is 8.50. The van der Waals surface area contributed by atoms with Crippen LogP contribution < -0.4 is 0 Å². The maximum absolute atomic E-state index is 12.4. The van der Waals surface area contributed by atoms with Gasteiger partial charge in [-0.2, -0.15) is 0 Å². The summed E-state index contributed by atoms with van der Waals surface area (Å²) < 4.78 is 23.1. The molecular weight excluding hydrogens is 247 g/mol. The molecule has 0 saturated heterocycles. The normalized spacial score (nSPS) is 13.6. The molecule has 0 N–H and O–H groups in total. The minimum Gasteiger partial charge on any atom is -0.309 e. The van der Waals surface area contributed by atoms with Crippen LogP contribution in [0.2, 0.25) is 0 Å². The molecule has 0 heterocycles. The van der Waals surface area contributed by atoms with E-state index in [4.69, 9.17) is 9.05 Å². The molecule has 0 aromatic heterocycles. The summed E-state index contributed by atoms with van der Waals surface area (Å²) in [6, 6.07) is 8.28. The molecule has 1 aromatic carbocycles. The predicted molar refractivity (Wildman–Crippen MR) is 75.3 cm³/mol. The molecule has 18 heavy (non-hydrogen) atoms. The fourth-order valence-electron chi connectivity index (χ4n) is 1.87. The Morgan fingerprint density at radius 1 is 1.11 bits per heavy atom. The van der Waals surface area contributed by atoms with Gasteiger partial charge in [0.25, 0.3) is 0 Å². The van der Waals surface area contributed by atoms with Crippen LogP contribution in [0, 0.1) is 6.92 Å². The summed E-state index contributed by atoms with van der Waals surface area (Å²) in [5.41, 5.74) is 2.39. The molecule has 1 aromatic rings. The Labute approximate surface area is 110 Å². The van der Waals surface area contributed by atoms with Gasteiger partial charge in [0.15, 0.2) is 0 Å². The molecule has 3 nitrogen and oxygen atoms in total. The maximum Gasteiger partial charge on any atom is 0.331 e. The lowest BCUT2D eigenvalue weighted by molar-refractivity contribution is 0.219. The van der Waals surface area contributed by atoms with Crippen molar-refractivity contribution in [2.75, 3.05) is 19.4 Å². The number of rotatable bonds is 7. The van der Waals surface area contributed by atoms with E-state index in [1.165, 1.54) is 11.1 Å². The molecule has 102 valence electrons. The molecule has 0 aliphatic heterocycles. The Balaban J connectivity index is 2.74. The first kappa shape index (κ1) is 15.4. The average Bonchev–Trinajstić information content (AvgIpc) is 2.30. The monoisotopic (exact) mass is 270 g/mol. The highest BCUT2D eigenvalue weighted by atomic mass is 31.2. The van der Waals surface area contributed by atoms with Gasteiger partial charge in [0.05, 0.1) is 19.4 Å². The lowest BCUT2D eigenvalue weighted by Gasteiger charge is -2.21. The number of hydrogen-bond acceptors (Lipinski definition) is 3. The second-order valence-corrected chi connectivity index (χ2v) is 6.54. The van der Waals surface area contributed by atoms with Gasteiger partial charge >= 0.3 is 7.60 Å². The van der Waals surface area contributed by atoms with Gasteiger partial charge in [0.2, 0.25) is 0 Å². The number of aryl methyl sites for hydroxylation is 1. The molecule has 0 bridgehead atoms. The van der Waals surface area contributed by atoms with Crippen LogP contribution >= 0.6 is 7.60 Å². The molecule has 0 aliphatic rings. The van der Waals surface area contributed by atoms with E-state index in [1.54, 1.807) is 0 Å². The topological polar surface area (TPSA) is 35.5 Å². The Morgan fingerprint density at radius 3 is 2.06 bits per heavy atom. The average molecular weight is 270 g/mol. The fraction of sp³-hybridized carbons (Fsp3) is 0.571. The molecular formula is C14H23O3P. The van der Waals surface area contributed by atoms with E-state index in [1.807, 2.05) is 13.8 Å². The fourth-order valence-corrected chi connectivity index (χ4v) is 3.83. The van der Waals surface area contributed by atoms with Crippen LogP contribution in [0.25, 0.3) is 0 Å². The van der Waals surface area contributed by atoms with Crippen molar-refractivity contribution in [1.82, 2.24) is 0 Å². The molecule has 1 rings (SSSR count). The van der Waals surface area contributed by atoms with Crippen LogP contribution in [0.1, 0.15) is 37.8 Å². The molecule has 0 aliphatic carbocycles. The van der Waals surface area contributed by atoms with E-state index in [0.29, 0.717) is 19.4 Å². The SMILES string of the molecule is CCOP(=O)(C[C@H](C)c1ccc(C)cc1)OCC. The van der Waals surface area contributed by atoms with Crippen molar-refractivity contribution < 1.29 is 13.6 Å². The van der Waals surface area contributed by atoms with Crippen LogP contribution in [0.3, 0.4) is 0 Å². The van der Waals surface area contributed by atoms with Gasteiger partial charge in [-0.05, 0) is 32.3 Å². The molecule has 0 saturated carbocycles. The highest BCUT2D eigenvalue weighted by Gasteiger charge is 2.27. The van der Waals surface area contributed by atoms with Crippen molar-refractivity contribution in [3.05, 3.63) is 35.4 Å². The van der Waals surface area contributed by atoms with Gasteiger partial charge in [-0.25, -0.2) is 0 Å². The molecule has 0 spiro atoms. The smallest absolute Gasteiger partial charge is 0.309 e.